The van der Waals surface area contributed by atoms with Crippen molar-refractivity contribution in [3.8, 4) is 11.4 Å². The van der Waals surface area contributed by atoms with Crippen LogP contribution in [-0.4, -0.2) is 45.7 Å². The Balaban J connectivity index is 1.94. The second-order valence-corrected chi connectivity index (χ2v) is 6.72. The van der Waals surface area contributed by atoms with E-state index in [0.29, 0.717) is 0 Å². The van der Waals surface area contributed by atoms with Crippen LogP contribution in [0.4, 0.5) is 0 Å². The minimum absolute atomic E-state index is 0.249. The fourth-order valence-corrected chi connectivity index (χ4v) is 3.58. The largest absolute Gasteiger partial charge is 0.305 e. The maximum absolute atomic E-state index is 4.30. The Kier molecular flexibility index (Phi) is 3.93. The number of nitrogens with zero attached hydrogens (tertiary/aromatic N) is 5. The zero-order valence-corrected chi connectivity index (χ0v) is 14.7. The van der Waals surface area contributed by atoms with Gasteiger partial charge in [0.15, 0.2) is 5.82 Å². The first-order chi connectivity index (χ1) is 12.1. The zero-order valence-electron chi connectivity index (χ0n) is 14.7. The van der Waals surface area contributed by atoms with Crippen LogP contribution >= 0.6 is 0 Å². The summed E-state index contributed by atoms with van der Waals surface area (Å²) in [7, 11) is 6.09. The fraction of sp³-hybridized carbons (Fsp3) is 0.250. The van der Waals surface area contributed by atoms with Crippen molar-refractivity contribution in [2.45, 2.75) is 5.92 Å². The molecule has 1 atom stereocenters. The Hall–Kier alpha value is -2.79. The van der Waals surface area contributed by atoms with E-state index >= 15 is 0 Å². The topological polar surface area (TPSA) is 46.8 Å². The van der Waals surface area contributed by atoms with E-state index < -0.39 is 0 Å². The van der Waals surface area contributed by atoms with Crippen LogP contribution in [0.25, 0.3) is 22.2 Å². The number of hydrogen-bond acceptors (Lipinski definition) is 4. The highest BCUT2D eigenvalue weighted by Crippen LogP contribution is 2.39. The van der Waals surface area contributed by atoms with Crippen LogP contribution in [0.3, 0.4) is 0 Å². The summed E-state index contributed by atoms with van der Waals surface area (Å²) in [6.07, 6.45) is 6.63. The van der Waals surface area contributed by atoms with Crippen LogP contribution in [0.15, 0.2) is 60.2 Å². The van der Waals surface area contributed by atoms with Crippen molar-refractivity contribution in [2.75, 3.05) is 20.6 Å². The third-order valence-corrected chi connectivity index (χ3v) is 4.65. The Labute approximate surface area is 147 Å². The minimum Gasteiger partial charge on any atom is -0.305 e. The second-order valence-electron chi connectivity index (χ2n) is 6.72. The number of tetrazole rings is 1. The van der Waals surface area contributed by atoms with Gasteiger partial charge in [-0.25, -0.2) is 4.68 Å². The molecule has 0 saturated carbocycles. The molecule has 0 saturated heterocycles. The third kappa shape index (κ3) is 2.76. The van der Waals surface area contributed by atoms with Crippen molar-refractivity contribution in [3.63, 3.8) is 0 Å². The molecule has 0 spiro atoms. The molecule has 5 heteroatoms. The molecule has 25 heavy (non-hydrogen) atoms. The number of aromatic nitrogens is 4. The lowest BCUT2D eigenvalue weighted by atomic mass is 9.86. The summed E-state index contributed by atoms with van der Waals surface area (Å²) in [5.74, 6) is 1.05. The highest BCUT2D eigenvalue weighted by molar-refractivity contribution is 5.97. The molecule has 0 fully saturated rings. The lowest BCUT2D eigenvalue weighted by Crippen LogP contribution is -2.18. The van der Waals surface area contributed by atoms with Crippen LogP contribution < -0.4 is 0 Å². The minimum atomic E-state index is 0.249. The van der Waals surface area contributed by atoms with E-state index in [-0.39, 0.29) is 5.92 Å². The van der Waals surface area contributed by atoms with Crippen LogP contribution in [0.1, 0.15) is 11.5 Å². The molecule has 1 aliphatic rings. The second kappa shape index (κ2) is 6.26. The molecule has 0 N–H and O–H groups in total. The van der Waals surface area contributed by atoms with Gasteiger partial charge in [0.2, 0.25) is 0 Å². The molecule has 3 aromatic rings. The van der Waals surface area contributed by atoms with Crippen LogP contribution in [0.5, 0.6) is 0 Å². The SMILES string of the molecule is CN(C)CC1=CC=CC1c1ccc2ccccc2c1-c1nnnn1C. The number of benzene rings is 2. The van der Waals surface area contributed by atoms with Crippen molar-refractivity contribution in [2.24, 2.45) is 7.05 Å². The standard InChI is InChI=1S/C20H21N5/c1-24(2)13-15-8-6-10-16(15)18-12-11-14-7-4-5-9-17(14)19(18)20-21-22-23-25(20)3/h4-12,16H,13H2,1-3H3. The van der Waals surface area contributed by atoms with Crippen molar-refractivity contribution < 1.29 is 0 Å². The van der Waals surface area contributed by atoms with Crippen molar-refractivity contribution >= 4 is 10.8 Å². The molecule has 1 heterocycles. The quantitative estimate of drug-likeness (QED) is 0.737. The fourth-order valence-electron chi connectivity index (χ4n) is 3.58. The predicted molar refractivity (Wildman–Crippen MR) is 100 cm³/mol. The summed E-state index contributed by atoms with van der Waals surface area (Å²) < 4.78 is 1.75. The Morgan fingerprint density at radius 1 is 1.12 bits per heavy atom. The van der Waals surface area contributed by atoms with Gasteiger partial charge < -0.3 is 4.90 Å². The van der Waals surface area contributed by atoms with E-state index in [1.807, 2.05) is 7.05 Å². The van der Waals surface area contributed by atoms with Gasteiger partial charge >= 0.3 is 0 Å². The molecule has 1 aliphatic carbocycles. The number of rotatable bonds is 4. The summed E-state index contributed by atoms with van der Waals surface area (Å²) in [5.41, 5.74) is 3.75. The highest BCUT2D eigenvalue weighted by Gasteiger charge is 2.24. The summed E-state index contributed by atoms with van der Waals surface area (Å²) >= 11 is 0. The van der Waals surface area contributed by atoms with E-state index in [9.17, 15) is 0 Å². The van der Waals surface area contributed by atoms with Crippen molar-refractivity contribution in [1.82, 2.24) is 25.1 Å². The number of likely N-dealkylation sites (N-methyl/N-ethyl adjacent to an activating group) is 1. The lowest BCUT2D eigenvalue weighted by molar-refractivity contribution is 0.439. The summed E-state index contributed by atoms with van der Waals surface area (Å²) in [6, 6.07) is 12.8. The maximum atomic E-state index is 4.30. The molecule has 126 valence electrons. The van der Waals surface area contributed by atoms with E-state index in [1.165, 1.54) is 21.9 Å². The molecule has 2 aromatic carbocycles. The number of aryl methyl sites for hydroxylation is 1. The molecule has 5 nitrogen and oxygen atoms in total. The van der Waals surface area contributed by atoms with Gasteiger partial charge in [-0.15, -0.1) is 5.10 Å². The van der Waals surface area contributed by atoms with Crippen molar-refractivity contribution in [1.29, 1.82) is 0 Å². The molecule has 0 radical (unpaired) electrons. The van der Waals surface area contributed by atoms with Gasteiger partial charge in [-0.2, -0.15) is 0 Å². The molecule has 0 bridgehead atoms. The third-order valence-electron chi connectivity index (χ3n) is 4.65. The van der Waals surface area contributed by atoms with E-state index in [4.69, 9.17) is 0 Å². The van der Waals surface area contributed by atoms with Gasteiger partial charge in [-0.1, -0.05) is 54.6 Å². The monoisotopic (exact) mass is 331 g/mol. The first kappa shape index (κ1) is 15.7. The smallest absolute Gasteiger partial charge is 0.182 e. The van der Waals surface area contributed by atoms with Gasteiger partial charge in [0.1, 0.15) is 0 Å². The summed E-state index contributed by atoms with van der Waals surface area (Å²) in [4.78, 5) is 2.20. The summed E-state index contributed by atoms with van der Waals surface area (Å²) in [6.45, 7) is 0.932. The zero-order chi connectivity index (χ0) is 17.4. The Morgan fingerprint density at radius 2 is 1.96 bits per heavy atom. The molecule has 0 aliphatic heterocycles. The van der Waals surface area contributed by atoms with Gasteiger partial charge in [0.25, 0.3) is 0 Å². The first-order valence-corrected chi connectivity index (χ1v) is 8.41. The molecular weight excluding hydrogens is 310 g/mol. The van der Waals surface area contributed by atoms with Crippen molar-refractivity contribution in [3.05, 3.63) is 65.8 Å². The van der Waals surface area contributed by atoms with E-state index in [1.54, 1.807) is 4.68 Å². The number of allylic oxidation sites excluding steroid dienone is 3. The predicted octanol–water partition coefficient (Wildman–Crippen LogP) is 3.17. The molecule has 1 unspecified atom stereocenters. The number of hydrogen-bond donors (Lipinski definition) is 0. The van der Waals surface area contributed by atoms with Gasteiger partial charge in [0, 0.05) is 25.1 Å². The van der Waals surface area contributed by atoms with Crippen LogP contribution in [-0.2, 0) is 7.05 Å². The first-order valence-electron chi connectivity index (χ1n) is 8.41. The Bertz CT molecular complexity index is 981. The van der Waals surface area contributed by atoms with Crippen LogP contribution in [0, 0.1) is 0 Å². The Morgan fingerprint density at radius 3 is 2.72 bits per heavy atom. The van der Waals surface area contributed by atoms with Gasteiger partial charge in [-0.05, 0) is 46.4 Å². The lowest BCUT2D eigenvalue weighted by Gasteiger charge is -2.21. The molecule has 1 aromatic heterocycles. The highest BCUT2D eigenvalue weighted by atomic mass is 15.5. The number of fused-ring (bicyclic) bond motifs is 1. The van der Waals surface area contributed by atoms with Crippen LogP contribution in [0.2, 0.25) is 0 Å². The normalized spacial score (nSPS) is 16.8. The molecular formula is C20H21N5. The molecule has 0 amide bonds. The average molecular weight is 331 g/mol. The maximum Gasteiger partial charge on any atom is 0.182 e. The van der Waals surface area contributed by atoms with E-state index in [0.717, 1.165) is 17.9 Å². The molecule has 4 rings (SSSR count). The van der Waals surface area contributed by atoms with Gasteiger partial charge in [0.05, 0.1) is 0 Å². The van der Waals surface area contributed by atoms with E-state index in [2.05, 4.69) is 89.1 Å². The average Bonchev–Trinajstić information content (AvgIpc) is 3.22. The summed E-state index contributed by atoms with van der Waals surface area (Å²) in [5, 5.41) is 14.6. The van der Waals surface area contributed by atoms with Gasteiger partial charge in [-0.3, -0.25) is 0 Å².